The van der Waals surface area contributed by atoms with Gasteiger partial charge >= 0.3 is 11.9 Å². The van der Waals surface area contributed by atoms with E-state index in [9.17, 15) is 19.5 Å². The maximum absolute atomic E-state index is 11.0. The zero-order valence-corrected chi connectivity index (χ0v) is 27.4. The molecule has 0 aliphatic heterocycles. The fourth-order valence-corrected chi connectivity index (χ4v) is 6.18. The van der Waals surface area contributed by atoms with Gasteiger partial charge in [-0.25, -0.2) is 0 Å². The van der Waals surface area contributed by atoms with Crippen LogP contribution >= 0.6 is 0 Å². The summed E-state index contributed by atoms with van der Waals surface area (Å²) in [5, 5.41) is 29.0. The van der Waals surface area contributed by atoms with E-state index in [2.05, 4.69) is 6.92 Å². The monoisotopic (exact) mass is 597 g/mol. The second kappa shape index (κ2) is 29.4. The van der Waals surface area contributed by atoms with Crippen LogP contribution in [0.2, 0.25) is 0 Å². The van der Waals surface area contributed by atoms with E-state index in [4.69, 9.17) is 10.2 Å². The molecular weight excluding hydrogens is 530 g/mol. The third kappa shape index (κ3) is 28.5. The maximum Gasteiger partial charge on any atom is 0.303 e. The van der Waals surface area contributed by atoms with Crippen LogP contribution in [0, 0.1) is 0 Å². The summed E-state index contributed by atoms with van der Waals surface area (Å²) in [6.45, 7) is 5.90. The van der Waals surface area contributed by atoms with Crippen molar-refractivity contribution in [3.05, 3.63) is 0 Å². The first-order valence-corrected chi connectivity index (χ1v) is 17.8. The van der Waals surface area contributed by atoms with Gasteiger partial charge in [-0.05, 0) is 57.8 Å². The molecule has 0 unspecified atom stereocenters. The second-order valence-corrected chi connectivity index (χ2v) is 12.8. The predicted octanol–water partition coefficient (Wildman–Crippen LogP) is 8.27. The number of hydrogen-bond acceptors (Lipinski definition) is 4. The fourth-order valence-electron chi connectivity index (χ4n) is 6.18. The number of carboxylic acid groups (broad SMARTS) is 3. The number of aliphatic carboxylic acids is 3. The lowest BCUT2D eigenvalue weighted by Gasteiger charge is -2.39. The van der Waals surface area contributed by atoms with E-state index in [-0.39, 0.29) is 19.3 Å². The molecule has 7 nitrogen and oxygen atoms in total. The number of nitrogens with zero attached hydrogens (tertiary/aromatic N) is 1. The van der Waals surface area contributed by atoms with Gasteiger partial charge in [0.1, 0.15) is 0 Å². The molecule has 0 aromatic carbocycles. The lowest BCUT2D eigenvalue weighted by Crippen LogP contribution is -2.51. The molecule has 0 heterocycles. The van der Waals surface area contributed by atoms with Crippen LogP contribution in [-0.4, -0.2) is 58.8 Å². The van der Waals surface area contributed by atoms with Gasteiger partial charge in [0.15, 0.2) is 0 Å². The molecule has 7 heteroatoms. The van der Waals surface area contributed by atoms with E-state index in [1.54, 1.807) is 0 Å². The largest absolute Gasteiger partial charge is 0.550 e. The molecule has 0 fully saturated rings. The summed E-state index contributed by atoms with van der Waals surface area (Å²) in [6, 6.07) is 0. The molecule has 0 amide bonds. The van der Waals surface area contributed by atoms with Gasteiger partial charge in [-0.3, -0.25) is 9.59 Å². The Hall–Kier alpha value is -1.63. The van der Waals surface area contributed by atoms with E-state index in [0.29, 0.717) is 19.3 Å². The number of hydrogen-bond donors (Lipinski definition) is 2. The molecule has 0 rings (SSSR count). The molecule has 0 aliphatic rings. The number of quaternary nitrogens is 1. The number of carboxylic acids is 3. The summed E-state index contributed by atoms with van der Waals surface area (Å²) in [4.78, 5) is 32.9. The van der Waals surface area contributed by atoms with Crippen molar-refractivity contribution >= 4 is 17.9 Å². The molecule has 42 heavy (non-hydrogen) atoms. The van der Waals surface area contributed by atoms with Gasteiger partial charge in [0.2, 0.25) is 0 Å². The van der Waals surface area contributed by atoms with Gasteiger partial charge in [-0.15, -0.1) is 0 Å². The van der Waals surface area contributed by atoms with Crippen LogP contribution in [0.15, 0.2) is 0 Å². The Morgan fingerprint density at radius 3 is 0.976 bits per heavy atom. The van der Waals surface area contributed by atoms with Crippen molar-refractivity contribution < 1.29 is 34.2 Å². The molecule has 248 valence electrons. The third-order valence-corrected chi connectivity index (χ3v) is 8.80. The van der Waals surface area contributed by atoms with Crippen LogP contribution in [0.3, 0.4) is 0 Å². The first kappa shape index (κ1) is 40.4. The van der Waals surface area contributed by atoms with Crippen molar-refractivity contribution in [1.82, 2.24) is 0 Å². The Morgan fingerprint density at radius 1 is 0.429 bits per heavy atom. The fraction of sp³-hybridized carbons (Fsp3) is 0.914. The second-order valence-electron chi connectivity index (χ2n) is 12.8. The summed E-state index contributed by atoms with van der Waals surface area (Å²) < 4.78 is 0.852. The SMILES string of the molecule is CCCCCCCCCCCCCCCCCCCC[N+](CCCCC(=O)[O-])(CCCCC(=O)O)CCCCC(=O)O. The van der Waals surface area contributed by atoms with Crippen LogP contribution in [0.1, 0.15) is 180 Å². The van der Waals surface area contributed by atoms with Gasteiger partial charge in [0.25, 0.3) is 0 Å². The lowest BCUT2D eigenvalue weighted by molar-refractivity contribution is -0.929. The molecule has 0 aromatic heterocycles. The van der Waals surface area contributed by atoms with Crippen molar-refractivity contribution in [2.45, 2.75) is 180 Å². The Kier molecular flexibility index (Phi) is 28.3. The molecule has 0 aromatic rings. The summed E-state index contributed by atoms with van der Waals surface area (Å²) in [7, 11) is 0. The first-order valence-electron chi connectivity index (χ1n) is 17.8. The minimum atomic E-state index is -1.01. The van der Waals surface area contributed by atoms with Crippen molar-refractivity contribution in [3.63, 3.8) is 0 Å². The average molecular weight is 598 g/mol. The number of carbonyl (C=O) groups is 3. The Labute approximate surface area is 258 Å². The number of carbonyl (C=O) groups excluding carboxylic acids is 1. The summed E-state index contributed by atoms with van der Waals surface area (Å²) in [5.41, 5.74) is 0. The Bertz CT molecular complexity index is 598. The zero-order valence-electron chi connectivity index (χ0n) is 27.4. The van der Waals surface area contributed by atoms with E-state index in [0.717, 1.165) is 56.3 Å². The summed E-state index contributed by atoms with van der Waals surface area (Å²) in [5.74, 6) is -2.56. The van der Waals surface area contributed by atoms with E-state index < -0.39 is 17.9 Å². The number of rotatable bonds is 34. The maximum atomic E-state index is 11.0. The van der Waals surface area contributed by atoms with Crippen molar-refractivity contribution in [3.8, 4) is 0 Å². The van der Waals surface area contributed by atoms with Crippen LogP contribution in [0.25, 0.3) is 0 Å². The van der Waals surface area contributed by atoms with Gasteiger partial charge in [-0.1, -0.05) is 110 Å². The lowest BCUT2D eigenvalue weighted by atomic mass is 10.0. The highest BCUT2D eigenvalue weighted by atomic mass is 16.4. The number of unbranched alkanes of at least 4 members (excludes halogenated alkanes) is 20. The molecule has 0 saturated heterocycles. The highest BCUT2D eigenvalue weighted by Crippen LogP contribution is 2.20. The molecular formula is C35H67NO6. The summed E-state index contributed by atoms with van der Waals surface area (Å²) >= 11 is 0. The molecule has 0 spiro atoms. The molecule has 2 N–H and O–H groups in total. The third-order valence-electron chi connectivity index (χ3n) is 8.80. The van der Waals surface area contributed by atoms with Gasteiger partial charge < -0.3 is 24.6 Å². The van der Waals surface area contributed by atoms with Crippen molar-refractivity contribution in [2.24, 2.45) is 0 Å². The Morgan fingerprint density at radius 2 is 0.690 bits per heavy atom. The average Bonchev–Trinajstić information content (AvgIpc) is 2.94. The van der Waals surface area contributed by atoms with Crippen molar-refractivity contribution in [2.75, 3.05) is 26.2 Å². The van der Waals surface area contributed by atoms with Gasteiger partial charge in [-0.2, -0.15) is 0 Å². The molecule has 0 saturated carbocycles. The minimum Gasteiger partial charge on any atom is -0.550 e. The van der Waals surface area contributed by atoms with Crippen molar-refractivity contribution in [1.29, 1.82) is 0 Å². The minimum absolute atomic E-state index is 0.0667. The van der Waals surface area contributed by atoms with Crippen LogP contribution < -0.4 is 5.11 Å². The smallest absolute Gasteiger partial charge is 0.303 e. The quantitative estimate of drug-likeness (QED) is 0.0570. The topological polar surface area (TPSA) is 115 Å². The predicted molar refractivity (Wildman–Crippen MR) is 170 cm³/mol. The van der Waals surface area contributed by atoms with Crippen LogP contribution in [-0.2, 0) is 14.4 Å². The van der Waals surface area contributed by atoms with Crippen LogP contribution in [0.5, 0.6) is 0 Å². The van der Waals surface area contributed by atoms with Gasteiger partial charge in [0, 0.05) is 18.8 Å². The normalized spacial score (nSPS) is 11.6. The van der Waals surface area contributed by atoms with E-state index >= 15 is 0 Å². The van der Waals surface area contributed by atoms with Gasteiger partial charge in [0.05, 0.1) is 26.2 Å². The first-order chi connectivity index (χ1) is 20.3. The standard InChI is InChI=1S/C35H67NO6/c1-2-3-4-5-6-7-8-9-10-11-12-13-14-15-16-17-18-22-29-36(30-23-19-26-33(37)38,31-24-20-27-34(39)40)32-25-21-28-35(41)42/h2-32H2,1H3,(H2-,37,38,39,40,41,42). The zero-order chi connectivity index (χ0) is 31.2. The molecule has 0 atom stereocenters. The highest BCUT2D eigenvalue weighted by molar-refractivity contribution is 5.66. The molecule has 0 radical (unpaired) electrons. The van der Waals surface area contributed by atoms with E-state index in [1.807, 2.05) is 0 Å². The Balaban J connectivity index is 4.29. The van der Waals surface area contributed by atoms with Crippen LogP contribution in [0.4, 0.5) is 0 Å². The molecule has 0 aliphatic carbocycles. The highest BCUT2D eigenvalue weighted by Gasteiger charge is 2.26. The van der Waals surface area contributed by atoms with E-state index in [1.165, 1.54) is 109 Å². The molecule has 0 bridgehead atoms. The summed E-state index contributed by atoms with van der Waals surface area (Å²) in [6.07, 6.45) is 28.9.